The molecule has 6 nitrogen and oxygen atoms in total. The second-order valence-corrected chi connectivity index (χ2v) is 9.66. The van der Waals surface area contributed by atoms with E-state index >= 15 is 0 Å². The van der Waals surface area contributed by atoms with Gasteiger partial charge in [-0.15, -0.1) is 11.3 Å². The van der Waals surface area contributed by atoms with E-state index < -0.39 is 0 Å². The van der Waals surface area contributed by atoms with Gasteiger partial charge in [0.25, 0.3) is 11.5 Å². The Labute approximate surface area is 193 Å². The van der Waals surface area contributed by atoms with Crippen LogP contribution in [0, 0.1) is 20.8 Å². The zero-order chi connectivity index (χ0) is 22.4. The third kappa shape index (κ3) is 3.55. The molecule has 0 spiro atoms. The van der Waals surface area contributed by atoms with Crippen LogP contribution >= 0.6 is 23.1 Å². The summed E-state index contributed by atoms with van der Waals surface area (Å²) in [5.74, 6) is 0.394. The number of benzene rings is 2. The lowest BCUT2D eigenvalue weighted by Gasteiger charge is -2.15. The van der Waals surface area contributed by atoms with Gasteiger partial charge in [-0.2, -0.15) is 9.78 Å². The number of aromatic nitrogens is 2. The number of fused-ring (bicyclic) bond motifs is 2. The van der Waals surface area contributed by atoms with Gasteiger partial charge in [-0.05, 0) is 43.5 Å². The minimum Gasteiger partial charge on any atom is -0.321 e. The van der Waals surface area contributed by atoms with E-state index in [4.69, 9.17) is 0 Å². The number of carbonyl (C=O) groups is 1. The molecule has 2 aromatic carbocycles. The van der Waals surface area contributed by atoms with Crippen LogP contribution in [0.2, 0.25) is 0 Å². The SMILES string of the molecule is Cc1ccc(C2=Nn3c(nc4sc(C(=O)Nc5ccccc5C)c(C)c4c3=O)SC2)cc1. The lowest BCUT2D eigenvalue weighted by molar-refractivity contribution is 0.103. The van der Waals surface area contributed by atoms with Crippen molar-refractivity contribution in [2.45, 2.75) is 25.9 Å². The van der Waals surface area contributed by atoms with Gasteiger partial charge < -0.3 is 5.32 Å². The Balaban J connectivity index is 1.57. The molecule has 1 amide bonds. The summed E-state index contributed by atoms with van der Waals surface area (Å²) in [6, 6.07) is 15.7. The minimum atomic E-state index is -0.245. The number of amides is 1. The zero-order valence-corrected chi connectivity index (χ0v) is 19.4. The number of thioether (sulfide) groups is 1. The highest BCUT2D eigenvalue weighted by Gasteiger charge is 2.24. The molecule has 1 N–H and O–H groups in total. The van der Waals surface area contributed by atoms with Gasteiger partial charge in [0.15, 0.2) is 5.16 Å². The van der Waals surface area contributed by atoms with Gasteiger partial charge >= 0.3 is 0 Å². The normalized spacial score (nSPS) is 13.0. The molecule has 3 heterocycles. The summed E-state index contributed by atoms with van der Waals surface area (Å²) in [6.45, 7) is 5.77. The number of rotatable bonds is 3. The Hall–Kier alpha value is -3.23. The van der Waals surface area contributed by atoms with Crippen LogP contribution in [-0.2, 0) is 0 Å². The number of hydrogen-bond acceptors (Lipinski definition) is 6. The average molecular weight is 461 g/mol. The highest BCUT2D eigenvalue weighted by Crippen LogP contribution is 2.31. The van der Waals surface area contributed by atoms with Gasteiger partial charge in [-0.3, -0.25) is 9.59 Å². The third-order valence-corrected chi connectivity index (χ3v) is 7.58. The van der Waals surface area contributed by atoms with Crippen LogP contribution in [0.5, 0.6) is 0 Å². The molecule has 0 fully saturated rings. The summed E-state index contributed by atoms with van der Waals surface area (Å²) in [5.41, 5.74) is 5.10. The molecule has 0 bridgehead atoms. The molecule has 0 saturated carbocycles. The maximum Gasteiger partial charge on any atom is 0.283 e. The largest absolute Gasteiger partial charge is 0.321 e. The van der Waals surface area contributed by atoms with Gasteiger partial charge in [0.1, 0.15) is 4.83 Å². The zero-order valence-electron chi connectivity index (χ0n) is 17.8. The molecule has 1 aliphatic rings. The van der Waals surface area contributed by atoms with E-state index in [0.29, 0.717) is 31.6 Å². The average Bonchev–Trinajstić information content (AvgIpc) is 3.12. The van der Waals surface area contributed by atoms with Crippen LogP contribution in [0.15, 0.2) is 63.6 Å². The van der Waals surface area contributed by atoms with E-state index in [1.165, 1.54) is 33.3 Å². The highest BCUT2D eigenvalue weighted by molar-refractivity contribution is 7.99. The number of para-hydroxylation sites is 1. The highest BCUT2D eigenvalue weighted by atomic mass is 32.2. The predicted octanol–water partition coefficient (Wildman–Crippen LogP) is 4.99. The first-order valence-electron chi connectivity index (χ1n) is 10.1. The topological polar surface area (TPSA) is 76.3 Å². The molecule has 5 rings (SSSR count). The number of nitrogens with zero attached hydrogens (tertiary/aromatic N) is 3. The summed E-state index contributed by atoms with van der Waals surface area (Å²) < 4.78 is 1.37. The summed E-state index contributed by atoms with van der Waals surface area (Å²) in [7, 11) is 0. The van der Waals surface area contributed by atoms with Crippen LogP contribution < -0.4 is 10.9 Å². The van der Waals surface area contributed by atoms with Crippen LogP contribution in [0.1, 0.15) is 31.9 Å². The smallest absolute Gasteiger partial charge is 0.283 e. The van der Waals surface area contributed by atoms with E-state index in [1.807, 2.05) is 62.4 Å². The molecule has 2 aromatic heterocycles. The fourth-order valence-corrected chi connectivity index (χ4v) is 5.63. The lowest BCUT2D eigenvalue weighted by Crippen LogP contribution is -2.25. The molecule has 32 heavy (non-hydrogen) atoms. The predicted molar refractivity (Wildman–Crippen MR) is 132 cm³/mol. The van der Waals surface area contributed by atoms with Gasteiger partial charge in [-0.25, -0.2) is 4.98 Å². The van der Waals surface area contributed by atoms with Crippen molar-refractivity contribution in [2.24, 2.45) is 5.10 Å². The molecule has 0 aliphatic carbocycles. The standard InChI is InChI=1S/C24H20N4O2S2/c1-13-8-10-16(11-9-13)18-12-31-24-26-22-19(23(30)28(24)27-18)15(3)20(32-22)21(29)25-17-7-5-4-6-14(17)2/h4-11H,12H2,1-3H3,(H,25,29). The second kappa shape index (κ2) is 8.03. The number of thiophene rings is 1. The molecule has 0 unspecified atom stereocenters. The Morgan fingerprint density at radius 2 is 1.81 bits per heavy atom. The van der Waals surface area contributed by atoms with Crippen molar-refractivity contribution < 1.29 is 4.79 Å². The van der Waals surface area contributed by atoms with E-state index in [9.17, 15) is 9.59 Å². The summed E-state index contributed by atoms with van der Waals surface area (Å²) in [6.07, 6.45) is 0. The Bertz CT molecular complexity index is 1470. The first-order valence-corrected chi connectivity index (χ1v) is 11.9. The Morgan fingerprint density at radius 3 is 2.56 bits per heavy atom. The molecule has 8 heteroatoms. The number of hydrogen-bond donors (Lipinski definition) is 1. The van der Waals surface area contributed by atoms with E-state index in [0.717, 1.165) is 22.5 Å². The fourth-order valence-electron chi connectivity index (χ4n) is 3.62. The number of carbonyl (C=O) groups excluding carboxylic acids is 1. The maximum atomic E-state index is 13.4. The number of nitrogens with one attached hydrogen (secondary N) is 1. The molecule has 160 valence electrons. The van der Waals surface area contributed by atoms with Crippen LogP contribution in [0.4, 0.5) is 5.69 Å². The van der Waals surface area contributed by atoms with E-state index in [2.05, 4.69) is 15.4 Å². The monoisotopic (exact) mass is 460 g/mol. The molecule has 4 aromatic rings. The van der Waals surface area contributed by atoms with Crippen molar-refractivity contribution in [1.82, 2.24) is 9.66 Å². The van der Waals surface area contributed by atoms with Crippen LogP contribution in [0.25, 0.3) is 10.2 Å². The van der Waals surface area contributed by atoms with Crippen molar-refractivity contribution in [1.29, 1.82) is 0 Å². The Morgan fingerprint density at radius 1 is 1.06 bits per heavy atom. The summed E-state index contributed by atoms with van der Waals surface area (Å²) >= 11 is 2.72. The van der Waals surface area contributed by atoms with Gasteiger partial charge in [0, 0.05) is 11.4 Å². The number of anilines is 1. The van der Waals surface area contributed by atoms with Gasteiger partial charge in [0.2, 0.25) is 0 Å². The molecule has 0 atom stereocenters. The molecular formula is C24H20N4O2S2. The first-order chi connectivity index (χ1) is 15.4. The first kappa shape index (κ1) is 20.7. The lowest BCUT2D eigenvalue weighted by atomic mass is 10.1. The van der Waals surface area contributed by atoms with Crippen molar-refractivity contribution in [3.8, 4) is 0 Å². The molecular weight excluding hydrogens is 440 g/mol. The van der Waals surface area contributed by atoms with E-state index in [-0.39, 0.29) is 11.5 Å². The van der Waals surface area contributed by atoms with Gasteiger partial charge in [0.05, 0.1) is 16.0 Å². The van der Waals surface area contributed by atoms with Gasteiger partial charge in [-0.1, -0.05) is 59.8 Å². The van der Waals surface area contributed by atoms with Crippen molar-refractivity contribution >= 4 is 50.6 Å². The molecule has 0 radical (unpaired) electrons. The Kier molecular flexibility index (Phi) is 5.19. The van der Waals surface area contributed by atoms with Crippen molar-refractivity contribution in [3.63, 3.8) is 0 Å². The van der Waals surface area contributed by atoms with E-state index in [1.54, 1.807) is 6.92 Å². The quantitative estimate of drug-likeness (QED) is 0.437. The summed E-state index contributed by atoms with van der Waals surface area (Å²) in [5, 5.41) is 8.56. The third-order valence-electron chi connectivity index (χ3n) is 5.46. The fraction of sp³-hybridized carbons (Fsp3) is 0.167. The van der Waals surface area contributed by atoms with Crippen LogP contribution in [0.3, 0.4) is 0 Å². The van der Waals surface area contributed by atoms with Crippen molar-refractivity contribution in [2.75, 3.05) is 11.1 Å². The minimum absolute atomic E-state index is 0.237. The molecule has 0 saturated heterocycles. The van der Waals surface area contributed by atoms with Crippen LogP contribution in [-0.4, -0.2) is 27.0 Å². The molecule has 1 aliphatic heterocycles. The second-order valence-electron chi connectivity index (χ2n) is 7.72. The maximum absolute atomic E-state index is 13.4. The number of aryl methyl sites for hydroxylation is 3. The summed E-state index contributed by atoms with van der Waals surface area (Å²) in [4.78, 5) is 32.1. The van der Waals surface area contributed by atoms with Crippen molar-refractivity contribution in [3.05, 3.63) is 86.0 Å².